The Balaban J connectivity index is 2.90. The summed E-state index contributed by atoms with van der Waals surface area (Å²) in [4.78, 5) is 23.8. The highest BCUT2D eigenvalue weighted by Gasteiger charge is 2.13. The summed E-state index contributed by atoms with van der Waals surface area (Å²) in [6.07, 6.45) is 0. The first-order valence-electron chi connectivity index (χ1n) is 4.99. The number of anilines is 2. The zero-order valence-corrected chi connectivity index (χ0v) is 9.73. The summed E-state index contributed by atoms with van der Waals surface area (Å²) in [7, 11) is 3.24. The lowest BCUT2D eigenvalue weighted by atomic mass is 10.1. The van der Waals surface area contributed by atoms with Gasteiger partial charge in [-0.25, -0.2) is 4.79 Å². The molecule has 92 valence electrons. The second-order valence-corrected chi connectivity index (χ2v) is 3.72. The number of rotatable bonds is 4. The average Bonchev–Trinajstić information content (AvgIpc) is 2.26. The molecule has 0 fully saturated rings. The van der Waals surface area contributed by atoms with Gasteiger partial charge in [-0.3, -0.25) is 4.79 Å². The monoisotopic (exact) mass is 237 g/mol. The van der Waals surface area contributed by atoms with E-state index in [9.17, 15) is 9.59 Å². The summed E-state index contributed by atoms with van der Waals surface area (Å²) >= 11 is 0. The lowest BCUT2D eigenvalue weighted by Gasteiger charge is -2.14. The predicted octanol–water partition coefficient (Wildman–Crippen LogP) is 0.467. The molecule has 0 atom stereocenters. The van der Waals surface area contributed by atoms with Crippen molar-refractivity contribution in [3.05, 3.63) is 23.8 Å². The molecule has 6 heteroatoms. The molecule has 0 saturated carbocycles. The number of likely N-dealkylation sites (N-methyl/N-ethyl adjacent to an activating group) is 1. The Morgan fingerprint density at radius 3 is 2.59 bits per heavy atom. The van der Waals surface area contributed by atoms with E-state index < -0.39 is 5.97 Å². The van der Waals surface area contributed by atoms with Gasteiger partial charge in [0.05, 0.1) is 23.5 Å². The number of carboxylic acid groups (broad SMARTS) is 1. The number of nitrogens with two attached hydrogens (primary N) is 1. The van der Waals surface area contributed by atoms with Crippen LogP contribution in [-0.4, -0.2) is 42.5 Å². The van der Waals surface area contributed by atoms with Gasteiger partial charge in [0.25, 0.3) is 0 Å². The van der Waals surface area contributed by atoms with Gasteiger partial charge in [-0.1, -0.05) is 6.07 Å². The van der Waals surface area contributed by atoms with Crippen molar-refractivity contribution >= 4 is 23.3 Å². The van der Waals surface area contributed by atoms with Crippen molar-refractivity contribution in [2.75, 3.05) is 31.7 Å². The van der Waals surface area contributed by atoms with E-state index in [0.717, 1.165) is 0 Å². The van der Waals surface area contributed by atoms with Crippen molar-refractivity contribution in [2.24, 2.45) is 0 Å². The maximum Gasteiger partial charge on any atom is 0.337 e. The van der Waals surface area contributed by atoms with E-state index in [1.807, 2.05) is 0 Å². The van der Waals surface area contributed by atoms with Gasteiger partial charge in [-0.05, 0) is 12.1 Å². The zero-order valence-electron chi connectivity index (χ0n) is 9.73. The number of nitrogens with one attached hydrogen (secondary N) is 1. The predicted molar refractivity (Wildman–Crippen MR) is 65.0 cm³/mol. The van der Waals surface area contributed by atoms with E-state index in [0.29, 0.717) is 5.69 Å². The number of para-hydroxylation sites is 1. The molecular formula is C11H15N3O3. The molecule has 1 aromatic carbocycles. The van der Waals surface area contributed by atoms with Gasteiger partial charge >= 0.3 is 5.97 Å². The summed E-state index contributed by atoms with van der Waals surface area (Å²) in [6, 6.07) is 4.56. The maximum absolute atomic E-state index is 11.4. The van der Waals surface area contributed by atoms with Crippen LogP contribution in [0.5, 0.6) is 0 Å². The molecule has 6 nitrogen and oxygen atoms in total. The number of amides is 1. The van der Waals surface area contributed by atoms with Crippen molar-refractivity contribution in [3.8, 4) is 0 Å². The molecule has 0 aliphatic carbocycles. The Morgan fingerprint density at radius 2 is 2.06 bits per heavy atom. The van der Waals surface area contributed by atoms with Crippen LogP contribution < -0.4 is 11.1 Å². The third kappa shape index (κ3) is 3.10. The lowest BCUT2D eigenvalue weighted by molar-refractivity contribution is -0.126. The van der Waals surface area contributed by atoms with Crippen molar-refractivity contribution in [1.82, 2.24) is 4.90 Å². The van der Waals surface area contributed by atoms with Crippen LogP contribution in [0.2, 0.25) is 0 Å². The molecule has 0 radical (unpaired) electrons. The van der Waals surface area contributed by atoms with E-state index in [1.165, 1.54) is 11.0 Å². The quantitative estimate of drug-likeness (QED) is 0.661. The Kier molecular flexibility index (Phi) is 3.92. The third-order valence-corrected chi connectivity index (χ3v) is 2.24. The number of nitrogens with zero attached hydrogens (tertiary/aromatic N) is 1. The van der Waals surface area contributed by atoms with Gasteiger partial charge in [0.2, 0.25) is 5.91 Å². The second kappa shape index (κ2) is 5.20. The first kappa shape index (κ1) is 12.8. The van der Waals surface area contributed by atoms with Gasteiger partial charge in [0.1, 0.15) is 0 Å². The van der Waals surface area contributed by atoms with Crippen molar-refractivity contribution in [2.45, 2.75) is 0 Å². The van der Waals surface area contributed by atoms with Crippen LogP contribution in [0.1, 0.15) is 10.4 Å². The summed E-state index contributed by atoms with van der Waals surface area (Å²) in [5.41, 5.74) is 6.30. The highest BCUT2D eigenvalue weighted by Crippen LogP contribution is 2.23. The van der Waals surface area contributed by atoms with Crippen LogP contribution in [0.25, 0.3) is 0 Å². The summed E-state index contributed by atoms with van der Waals surface area (Å²) < 4.78 is 0. The Bertz CT molecular complexity index is 444. The molecule has 1 aromatic rings. The highest BCUT2D eigenvalue weighted by atomic mass is 16.4. The second-order valence-electron chi connectivity index (χ2n) is 3.72. The van der Waals surface area contributed by atoms with E-state index in [4.69, 9.17) is 10.8 Å². The maximum atomic E-state index is 11.4. The minimum atomic E-state index is -1.09. The van der Waals surface area contributed by atoms with Crippen LogP contribution in [-0.2, 0) is 4.79 Å². The normalized spacial score (nSPS) is 9.76. The minimum Gasteiger partial charge on any atom is -0.478 e. The fourth-order valence-electron chi connectivity index (χ4n) is 1.27. The molecule has 0 heterocycles. The molecule has 0 bridgehead atoms. The Labute approximate surface area is 99.0 Å². The van der Waals surface area contributed by atoms with E-state index in [-0.39, 0.29) is 23.7 Å². The van der Waals surface area contributed by atoms with Crippen molar-refractivity contribution in [1.29, 1.82) is 0 Å². The van der Waals surface area contributed by atoms with E-state index in [1.54, 1.807) is 26.2 Å². The van der Waals surface area contributed by atoms with Gasteiger partial charge in [0, 0.05) is 14.1 Å². The summed E-state index contributed by atoms with van der Waals surface area (Å²) in [6.45, 7) is 0.00148. The third-order valence-electron chi connectivity index (χ3n) is 2.24. The highest BCUT2D eigenvalue weighted by molar-refractivity contribution is 5.98. The first-order valence-corrected chi connectivity index (χ1v) is 4.99. The number of carboxylic acids is 1. The molecule has 1 amide bonds. The Hall–Kier alpha value is -2.24. The van der Waals surface area contributed by atoms with Crippen molar-refractivity contribution in [3.63, 3.8) is 0 Å². The number of carbonyl (C=O) groups is 2. The molecular weight excluding hydrogens is 222 g/mol. The topological polar surface area (TPSA) is 95.7 Å². The number of carbonyl (C=O) groups excluding carboxylic acids is 1. The fraction of sp³-hybridized carbons (Fsp3) is 0.273. The molecule has 1 rings (SSSR count). The van der Waals surface area contributed by atoms with Crippen LogP contribution in [0.4, 0.5) is 11.4 Å². The van der Waals surface area contributed by atoms with Gasteiger partial charge in [0.15, 0.2) is 0 Å². The Morgan fingerprint density at radius 1 is 1.41 bits per heavy atom. The SMILES string of the molecule is CN(C)C(=O)CNc1c(N)cccc1C(=O)O. The van der Waals surface area contributed by atoms with Gasteiger partial charge in [-0.2, -0.15) is 0 Å². The standard InChI is InChI=1S/C11H15N3O3/c1-14(2)9(15)6-13-10-7(11(16)17)4-3-5-8(10)12/h3-5,13H,6,12H2,1-2H3,(H,16,17). The molecule has 0 saturated heterocycles. The molecule has 0 aliphatic rings. The van der Waals surface area contributed by atoms with Crippen LogP contribution in [0.3, 0.4) is 0 Å². The molecule has 0 aromatic heterocycles. The number of nitrogen functional groups attached to an aromatic ring is 1. The zero-order chi connectivity index (χ0) is 13.0. The van der Waals surface area contributed by atoms with Crippen LogP contribution in [0, 0.1) is 0 Å². The molecule has 0 spiro atoms. The first-order chi connectivity index (χ1) is 7.93. The van der Waals surface area contributed by atoms with Crippen LogP contribution >= 0.6 is 0 Å². The van der Waals surface area contributed by atoms with Gasteiger partial charge in [-0.15, -0.1) is 0 Å². The number of aromatic carboxylic acids is 1. The van der Waals surface area contributed by atoms with Crippen LogP contribution in [0.15, 0.2) is 18.2 Å². The van der Waals surface area contributed by atoms with Gasteiger partial charge < -0.3 is 21.1 Å². The summed E-state index contributed by atoms with van der Waals surface area (Å²) in [5, 5.41) is 11.7. The smallest absolute Gasteiger partial charge is 0.337 e. The molecule has 4 N–H and O–H groups in total. The molecule has 0 unspecified atom stereocenters. The minimum absolute atomic E-state index is 0.00148. The largest absolute Gasteiger partial charge is 0.478 e. The van der Waals surface area contributed by atoms with E-state index >= 15 is 0 Å². The van der Waals surface area contributed by atoms with E-state index in [2.05, 4.69) is 5.32 Å². The fourth-order valence-corrected chi connectivity index (χ4v) is 1.27. The average molecular weight is 237 g/mol. The molecule has 0 aliphatic heterocycles. The summed E-state index contributed by atoms with van der Waals surface area (Å²) in [5.74, 6) is -1.25. The number of hydrogen-bond donors (Lipinski definition) is 3. The number of benzene rings is 1. The number of hydrogen-bond acceptors (Lipinski definition) is 4. The molecule has 17 heavy (non-hydrogen) atoms. The van der Waals surface area contributed by atoms with Crippen molar-refractivity contribution < 1.29 is 14.7 Å². The lowest BCUT2D eigenvalue weighted by Crippen LogP contribution is -2.29.